The summed E-state index contributed by atoms with van der Waals surface area (Å²) in [4.78, 5) is 0. The molecule has 2 unspecified atom stereocenters. The second kappa shape index (κ2) is 5.99. The molecule has 0 aliphatic heterocycles. The molecule has 1 aliphatic carbocycles. The Labute approximate surface area is 121 Å². The highest BCUT2D eigenvalue weighted by Gasteiger charge is 2.30. The van der Waals surface area contributed by atoms with Crippen molar-refractivity contribution in [2.45, 2.75) is 38.4 Å². The fourth-order valence-corrected chi connectivity index (χ4v) is 2.75. The summed E-state index contributed by atoms with van der Waals surface area (Å²) in [7, 11) is 0. The van der Waals surface area contributed by atoms with Crippen molar-refractivity contribution in [1.29, 1.82) is 0 Å². The smallest absolute Gasteiger partial charge is 0.360 e. The molecular formula is C14H17F3N2S. The minimum absolute atomic E-state index is 0.316. The van der Waals surface area contributed by atoms with Gasteiger partial charge >= 0.3 is 6.18 Å². The van der Waals surface area contributed by atoms with Crippen molar-refractivity contribution in [2.75, 3.05) is 5.32 Å². The lowest BCUT2D eigenvalue weighted by atomic mass is 10.1. The Kier molecular flexibility index (Phi) is 4.52. The van der Waals surface area contributed by atoms with Crippen molar-refractivity contribution in [3.05, 3.63) is 29.8 Å². The van der Waals surface area contributed by atoms with Gasteiger partial charge in [-0.15, -0.1) is 0 Å². The molecule has 1 fully saturated rings. The van der Waals surface area contributed by atoms with Gasteiger partial charge in [0.25, 0.3) is 0 Å². The van der Waals surface area contributed by atoms with Crippen LogP contribution in [0.4, 0.5) is 18.9 Å². The van der Waals surface area contributed by atoms with Crippen LogP contribution in [0.3, 0.4) is 0 Å². The van der Waals surface area contributed by atoms with Crippen molar-refractivity contribution >= 4 is 23.0 Å². The first-order valence-electron chi connectivity index (χ1n) is 6.59. The van der Waals surface area contributed by atoms with Crippen LogP contribution in [0.25, 0.3) is 0 Å². The fourth-order valence-electron chi connectivity index (χ4n) is 2.46. The number of thiocarbonyl (C=S) groups is 1. The van der Waals surface area contributed by atoms with Gasteiger partial charge in [-0.05, 0) is 55.6 Å². The molecule has 20 heavy (non-hydrogen) atoms. The molecule has 0 heterocycles. The Bertz CT molecular complexity index is 488. The van der Waals surface area contributed by atoms with Crippen molar-refractivity contribution in [2.24, 2.45) is 5.92 Å². The molecule has 6 heteroatoms. The van der Waals surface area contributed by atoms with Gasteiger partial charge < -0.3 is 10.6 Å². The van der Waals surface area contributed by atoms with Gasteiger partial charge in [0.1, 0.15) is 0 Å². The summed E-state index contributed by atoms with van der Waals surface area (Å²) < 4.78 is 37.8. The van der Waals surface area contributed by atoms with E-state index in [2.05, 4.69) is 17.6 Å². The van der Waals surface area contributed by atoms with E-state index in [0.29, 0.717) is 22.8 Å². The van der Waals surface area contributed by atoms with Crippen molar-refractivity contribution in [3.63, 3.8) is 0 Å². The molecule has 1 aliphatic rings. The topological polar surface area (TPSA) is 24.1 Å². The van der Waals surface area contributed by atoms with Crippen LogP contribution in [0.5, 0.6) is 0 Å². The molecule has 0 radical (unpaired) electrons. The number of benzene rings is 1. The largest absolute Gasteiger partial charge is 0.416 e. The molecule has 1 saturated carbocycles. The van der Waals surface area contributed by atoms with Crippen LogP contribution >= 0.6 is 12.2 Å². The van der Waals surface area contributed by atoms with Gasteiger partial charge in [-0.3, -0.25) is 0 Å². The molecule has 0 saturated heterocycles. The lowest BCUT2D eigenvalue weighted by molar-refractivity contribution is -0.137. The number of nitrogens with one attached hydrogen (secondary N) is 2. The maximum Gasteiger partial charge on any atom is 0.416 e. The average Bonchev–Trinajstić information content (AvgIpc) is 2.73. The highest BCUT2D eigenvalue weighted by molar-refractivity contribution is 7.80. The highest BCUT2D eigenvalue weighted by atomic mass is 32.1. The van der Waals surface area contributed by atoms with E-state index in [0.717, 1.165) is 31.4 Å². The number of anilines is 1. The summed E-state index contributed by atoms with van der Waals surface area (Å²) in [5.41, 5.74) is -0.330. The predicted molar refractivity (Wildman–Crippen MR) is 77.6 cm³/mol. The lowest BCUT2D eigenvalue weighted by Crippen LogP contribution is -2.36. The summed E-state index contributed by atoms with van der Waals surface area (Å²) in [5, 5.41) is 6.35. The van der Waals surface area contributed by atoms with E-state index in [-0.39, 0.29) is 0 Å². The molecule has 2 atom stereocenters. The summed E-state index contributed by atoms with van der Waals surface area (Å²) >= 11 is 5.14. The molecule has 0 amide bonds. The number of alkyl halides is 3. The molecule has 0 aromatic heterocycles. The monoisotopic (exact) mass is 302 g/mol. The van der Waals surface area contributed by atoms with Crippen molar-refractivity contribution in [3.8, 4) is 0 Å². The Balaban J connectivity index is 1.94. The van der Waals surface area contributed by atoms with E-state index in [1.54, 1.807) is 6.07 Å². The van der Waals surface area contributed by atoms with Gasteiger partial charge in [-0.1, -0.05) is 13.0 Å². The van der Waals surface area contributed by atoms with E-state index in [4.69, 9.17) is 12.2 Å². The first kappa shape index (κ1) is 15.1. The number of hydrogen-bond acceptors (Lipinski definition) is 1. The Morgan fingerprint density at radius 3 is 2.65 bits per heavy atom. The van der Waals surface area contributed by atoms with Gasteiger partial charge in [-0.2, -0.15) is 13.2 Å². The first-order chi connectivity index (χ1) is 9.34. The zero-order valence-electron chi connectivity index (χ0n) is 11.1. The van der Waals surface area contributed by atoms with Gasteiger partial charge in [0.15, 0.2) is 5.11 Å². The lowest BCUT2D eigenvalue weighted by Gasteiger charge is -2.17. The zero-order valence-corrected chi connectivity index (χ0v) is 11.9. The summed E-state index contributed by atoms with van der Waals surface area (Å²) in [5.74, 6) is 0.670. The molecule has 110 valence electrons. The number of hydrogen-bond donors (Lipinski definition) is 2. The summed E-state index contributed by atoms with van der Waals surface area (Å²) in [6.45, 7) is 2.19. The van der Waals surface area contributed by atoms with E-state index >= 15 is 0 Å². The first-order valence-corrected chi connectivity index (χ1v) is 7.00. The van der Waals surface area contributed by atoms with Crippen LogP contribution in [0.15, 0.2) is 24.3 Å². The van der Waals surface area contributed by atoms with Crippen LogP contribution in [0.1, 0.15) is 31.7 Å². The van der Waals surface area contributed by atoms with Crippen molar-refractivity contribution < 1.29 is 13.2 Å². The maximum absolute atomic E-state index is 12.6. The second-order valence-electron chi connectivity index (χ2n) is 5.29. The third-order valence-corrected chi connectivity index (χ3v) is 3.70. The van der Waals surface area contributed by atoms with Gasteiger partial charge in [0, 0.05) is 11.7 Å². The Morgan fingerprint density at radius 1 is 1.30 bits per heavy atom. The molecule has 2 N–H and O–H groups in total. The summed E-state index contributed by atoms with van der Waals surface area (Å²) in [6.07, 6.45) is -1.09. The summed E-state index contributed by atoms with van der Waals surface area (Å²) in [6, 6.07) is 5.35. The van der Waals surface area contributed by atoms with Gasteiger partial charge in [0.05, 0.1) is 5.56 Å². The molecule has 1 aromatic carbocycles. The molecule has 2 nitrogen and oxygen atoms in total. The third kappa shape index (κ3) is 4.10. The second-order valence-corrected chi connectivity index (χ2v) is 5.70. The number of rotatable bonds is 2. The molecule has 0 spiro atoms. The Hall–Kier alpha value is -1.30. The molecule has 1 aromatic rings. The van der Waals surface area contributed by atoms with Crippen LogP contribution in [0.2, 0.25) is 0 Å². The average molecular weight is 302 g/mol. The quantitative estimate of drug-likeness (QED) is 0.801. The minimum atomic E-state index is -4.34. The van der Waals surface area contributed by atoms with Crippen LogP contribution in [-0.4, -0.2) is 11.2 Å². The van der Waals surface area contributed by atoms with Crippen molar-refractivity contribution in [1.82, 2.24) is 5.32 Å². The molecular weight excluding hydrogens is 285 g/mol. The van der Waals surface area contributed by atoms with E-state index in [1.807, 2.05) is 0 Å². The van der Waals surface area contributed by atoms with Gasteiger partial charge in [0.2, 0.25) is 0 Å². The third-order valence-electron chi connectivity index (χ3n) is 3.48. The Morgan fingerprint density at radius 2 is 2.05 bits per heavy atom. The predicted octanol–water partition coefficient (Wildman–Crippen LogP) is 4.18. The minimum Gasteiger partial charge on any atom is -0.360 e. The highest BCUT2D eigenvalue weighted by Crippen LogP contribution is 2.30. The SMILES string of the molecule is CC1CCC(NC(=S)Nc2cccc(C(F)(F)F)c2)C1. The number of halogens is 3. The molecule has 0 bridgehead atoms. The normalized spacial score (nSPS) is 22.6. The van der Waals surface area contributed by atoms with E-state index in [9.17, 15) is 13.2 Å². The maximum atomic E-state index is 12.6. The van der Waals surface area contributed by atoms with Crippen LogP contribution < -0.4 is 10.6 Å². The van der Waals surface area contributed by atoms with Crippen LogP contribution in [-0.2, 0) is 6.18 Å². The van der Waals surface area contributed by atoms with E-state index in [1.165, 1.54) is 6.07 Å². The van der Waals surface area contributed by atoms with Gasteiger partial charge in [-0.25, -0.2) is 0 Å². The standard InChI is InChI=1S/C14H17F3N2S/c1-9-5-6-12(7-9)19-13(20)18-11-4-2-3-10(8-11)14(15,16)17/h2-4,8-9,12H,5-7H2,1H3,(H2,18,19,20). The zero-order chi connectivity index (χ0) is 14.8. The van der Waals surface area contributed by atoms with E-state index < -0.39 is 11.7 Å². The fraction of sp³-hybridized carbons (Fsp3) is 0.500. The van der Waals surface area contributed by atoms with Crippen LogP contribution in [0, 0.1) is 5.92 Å². The molecule has 2 rings (SSSR count).